The Balaban J connectivity index is 1.49. The van der Waals surface area contributed by atoms with Crippen LogP contribution in [-0.4, -0.2) is 49.3 Å². The van der Waals surface area contributed by atoms with Crippen molar-refractivity contribution in [1.29, 1.82) is 0 Å². The van der Waals surface area contributed by atoms with E-state index in [1.54, 1.807) is 24.3 Å². The van der Waals surface area contributed by atoms with Gasteiger partial charge in [-0.1, -0.05) is 0 Å². The molecule has 1 aliphatic heterocycles. The summed E-state index contributed by atoms with van der Waals surface area (Å²) < 4.78 is 25.7. The van der Waals surface area contributed by atoms with E-state index in [4.69, 9.17) is 10.8 Å². The molecule has 5 N–H and O–H groups in total. The number of aliphatic carboxylic acids is 1. The van der Waals surface area contributed by atoms with E-state index in [2.05, 4.69) is 10.6 Å². The molecule has 4 rings (SSSR count). The summed E-state index contributed by atoms with van der Waals surface area (Å²) >= 11 is 0. The van der Waals surface area contributed by atoms with Crippen LogP contribution in [0.1, 0.15) is 57.8 Å². The molecule has 9 heteroatoms. The quantitative estimate of drug-likeness (QED) is 0.508. The fourth-order valence-corrected chi connectivity index (χ4v) is 7.96. The number of sulfone groups is 1. The number of nitrogens with two attached hydrogens (primary N) is 1. The normalized spacial score (nSPS) is 30.1. The van der Waals surface area contributed by atoms with Crippen LogP contribution < -0.4 is 16.4 Å². The summed E-state index contributed by atoms with van der Waals surface area (Å²) in [7, 11) is -3.93. The number of hydrogen-bond acceptors (Lipinski definition) is 6. The van der Waals surface area contributed by atoms with Crippen molar-refractivity contribution in [1.82, 2.24) is 5.32 Å². The van der Waals surface area contributed by atoms with E-state index in [1.165, 1.54) is 0 Å². The molecule has 1 spiro atoms. The van der Waals surface area contributed by atoms with Gasteiger partial charge in [0.05, 0.1) is 10.8 Å². The van der Waals surface area contributed by atoms with Crippen LogP contribution in [0.4, 0.5) is 5.69 Å². The molecule has 1 atom stereocenters. The Morgan fingerprint density at radius 3 is 2.19 bits per heavy atom. The Morgan fingerprint density at radius 2 is 1.62 bits per heavy atom. The summed E-state index contributed by atoms with van der Waals surface area (Å²) in [5.74, 6) is -1.76. The average Bonchev–Trinajstić information content (AvgIpc) is 3.16. The van der Waals surface area contributed by atoms with Gasteiger partial charge in [0.25, 0.3) is 0 Å². The summed E-state index contributed by atoms with van der Waals surface area (Å²) in [6, 6.07) is 6.72. The third kappa shape index (κ3) is 4.12. The third-order valence-corrected chi connectivity index (χ3v) is 10.4. The van der Waals surface area contributed by atoms with Gasteiger partial charge >= 0.3 is 5.97 Å². The van der Waals surface area contributed by atoms with Gasteiger partial charge in [-0.25, -0.2) is 8.42 Å². The summed E-state index contributed by atoms with van der Waals surface area (Å²) in [5, 5.41) is 15.8. The van der Waals surface area contributed by atoms with Gasteiger partial charge in [0, 0.05) is 11.7 Å². The number of carboxylic acid groups (broad SMARTS) is 1. The molecule has 1 unspecified atom stereocenters. The molecule has 0 bridgehead atoms. The molecule has 3 aliphatic rings. The Labute approximate surface area is 189 Å². The van der Waals surface area contributed by atoms with E-state index in [-0.39, 0.29) is 28.7 Å². The molecule has 1 heterocycles. The van der Waals surface area contributed by atoms with E-state index < -0.39 is 26.5 Å². The molecular weight excluding hydrogens is 430 g/mol. The van der Waals surface area contributed by atoms with Crippen LogP contribution in [0.3, 0.4) is 0 Å². The van der Waals surface area contributed by atoms with Gasteiger partial charge in [-0.3, -0.25) is 9.59 Å². The molecule has 1 aromatic rings. The highest BCUT2D eigenvalue weighted by Crippen LogP contribution is 2.54. The second kappa shape index (κ2) is 8.67. The molecule has 1 amide bonds. The summed E-state index contributed by atoms with van der Waals surface area (Å²) in [5.41, 5.74) is 6.40. The zero-order valence-electron chi connectivity index (χ0n) is 18.3. The number of primary amides is 1. The second-order valence-electron chi connectivity index (χ2n) is 9.84. The molecule has 2 aliphatic carbocycles. The van der Waals surface area contributed by atoms with Crippen LogP contribution >= 0.6 is 0 Å². The average molecular weight is 464 g/mol. The number of benzene rings is 1. The Kier molecular flexibility index (Phi) is 6.24. The lowest BCUT2D eigenvalue weighted by Crippen LogP contribution is -2.50. The van der Waals surface area contributed by atoms with Crippen LogP contribution in [-0.2, 0) is 19.4 Å². The Morgan fingerprint density at radius 1 is 1.00 bits per heavy atom. The zero-order valence-corrected chi connectivity index (χ0v) is 19.1. The summed E-state index contributed by atoms with van der Waals surface area (Å²) in [4.78, 5) is 23.8. The van der Waals surface area contributed by atoms with Crippen molar-refractivity contribution in [3.63, 3.8) is 0 Å². The molecule has 2 saturated carbocycles. The largest absolute Gasteiger partial charge is 0.481 e. The number of piperidine rings is 1. The van der Waals surface area contributed by atoms with Crippen LogP contribution in [0.2, 0.25) is 0 Å². The van der Waals surface area contributed by atoms with Gasteiger partial charge in [0.1, 0.15) is 0 Å². The SMILES string of the molecule is NC(=O)C1(S(=O)(=O)c2ccc(NC3CCC(C(=O)O)CC3)cc2)CCC2(CCNCC2)C1. The van der Waals surface area contributed by atoms with E-state index in [0.717, 1.165) is 44.5 Å². The molecule has 0 aromatic heterocycles. The Bertz CT molecular complexity index is 964. The minimum Gasteiger partial charge on any atom is -0.481 e. The number of anilines is 1. The summed E-state index contributed by atoms with van der Waals surface area (Å²) in [6.07, 6.45) is 5.81. The third-order valence-electron chi connectivity index (χ3n) is 7.96. The van der Waals surface area contributed by atoms with E-state index in [0.29, 0.717) is 25.7 Å². The number of nitrogens with one attached hydrogen (secondary N) is 2. The number of hydrogen-bond donors (Lipinski definition) is 4. The van der Waals surface area contributed by atoms with E-state index in [1.807, 2.05) is 0 Å². The predicted octanol–water partition coefficient (Wildman–Crippen LogP) is 2.29. The van der Waals surface area contributed by atoms with E-state index >= 15 is 0 Å². The molecule has 176 valence electrons. The van der Waals surface area contributed by atoms with Crippen molar-refractivity contribution >= 4 is 27.4 Å². The lowest BCUT2D eigenvalue weighted by atomic mass is 9.77. The fourth-order valence-electron chi connectivity index (χ4n) is 5.88. The molecular formula is C23H33N3O5S. The monoisotopic (exact) mass is 463 g/mol. The first-order valence-electron chi connectivity index (χ1n) is 11.5. The van der Waals surface area contributed by atoms with Gasteiger partial charge in [-0.05, 0) is 101 Å². The molecule has 8 nitrogen and oxygen atoms in total. The maximum absolute atomic E-state index is 13.6. The van der Waals surface area contributed by atoms with Crippen molar-refractivity contribution in [2.45, 2.75) is 73.5 Å². The predicted molar refractivity (Wildman–Crippen MR) is 121 cm³/mol. The number of rotatable bonds is 6. The lowest BCUT2D eigenvalue weighted by molar-refractivity contribution is -0.142. The summed E-state index contributed by atoms with van der Waals surface area (Å²) in [6.45, 7) is 1.67. The topological polar surface area (TPSA) is 139 Å². The zero-order chi connectivity index (χ0) is 23.0. The van der Waals surface area contributed by atoms with Crippen molar-refractivity contribution in [2.75, 3.05) is 18.4 Å². The maximum atomic E-state index is 13.6. The van der Waals surface area contributed by atoms with Gasteiger partial charge in [-0.15, -0.1) is 0 Å². The van der Waals surface area contributed by atoms with Crippen LogP contribution in [0, 0.1) is 11.3 Å². The lowest BCUT2D eigenvalue weighted by Gasteiger charge is -2.35. The van der Waals surface area contributed by atoms with E-state index in [9.17, 15) is 18.0 Å². The molecule has 1 saturated heterocycles. The van der Waals surface area contributed by atoms with Gasteiger partial charge in [0.15, 0.2) is 14.6 Å². The first-order valence-corrected chi connectivity index (χ1v) is 13.0. The van der Waals surface area contributed by atoms with Crippen molar-refractivity contribution in [2.24, 2.45) is 17.1 Å². The van der Waals surface area contributed by atoms with Crippen molar-refractivity contribution < 1.29 is 23.1 Å². The Hall–Kier alpha value is -2.13. The highest BCUT2D eigenvalue weighted by atomic mass is 32.2. The number of carbonyl (C=O) groups is 2. The maximum Gasteiger partial charge on any atom is 0.306 e. The first-order chi connectivity index (χ1) is 15.2. The van der Waals surface area contributed by atoms with Crippen molar-refractivity contribution in [3.05, 3.63) is 24.3 Å². The van der Waals surface area contributed by atoms with Crippen LogP contribution in [0.15, 0.2) is 29.2 Å². The smallest absolute Gasteiger partial charge is 0.306 e. The van der Waals surface area contributed by atoms with Crippen LogP contribution in [0.5, 0.6) is 0 Å². The number of carboxylic acids is 1. The van der Waals surface area contributed by atoms with Gasteiger partial charge in [-0.2, -0.15) is 0 Å². The van der Waals surface area contributed by atoms with Gasteiger partial charge in [0.2, 0.25) is 5.91 Å². The number of carbonyl (C=O) groups excluding carboxylic acids is 1. The van der Waals surface area contributed by atoms with Crippen LogP contribution in [0.25, 0.3) is 0 Å². The minimum absolute atomic E-state index is 0.127. The number of amides is 1. The van der Waals surface area contributed by atoms with Crippen molar-refractivity contribution in [3.8, 4) is 0 Å². The highest BCUT2D eigenvalue weighted by molar-refractivity contribution is 7.93. The first kappa shape index (κ1) is 23.0. The second-order valence-corrected chi connectivity index (χ2v) is 12.1. The minimum atomic E-state index is -3.93. The molecule has 32 heavy (non-hydrogen) atoms. The molecule has 1 aromatic carbocycles. The fraction of sp³-hybridized carbons (Fsp3) is 0.652. The highest BCUT2D eigenvalue weighted by Gasteiger charge is 2.59. The standard InChI is InChI=1S/C23H33N3O5S/c24-21(29)23(10-9-22(15-23)11-13-25-14-12-22)32(30,31)19-7-5-18(6-8-19)26-17-3-1-16(2-4-17)20(27)28/h5-8,16-17,25-26H,1-4,9-15H2,(H2,24,29)(H,27,28). The molecule has 3 fully saturated rings. The van der Waals surface area contributed by atoms with Gasteiger partial charge < -0.3 is 21.5 Å². The molecule has 0 radical (unpaired) electrons.